The predicted octanol–water partition coefficient (Wildman–Crippen LogP) is 0.981. The van der Waals surface area contributed by atoms with Crippen LogP contribution in [0.3, 0.4) is 0 Å². The van der Waals surface area contributed by atoms with E-state index in [0.29, 0.717) is 0 Å². The number of hydrogen-bond donors (Lipinski definition) is 4. The van der Waals surface area contributed by atoms with E-state index >= 15 is 0 Å². The minimum Gasteiger partial charge on any atom is -0.315 e. The lowest BCUT2D eigenvalue weighted by atomic mass is 9.95. The van der Waals surface area contributed by atoms with Crippen molar-refractivity contribution >= 4 is 27.3 Å². The van der Waals surface area contributed by atoms with Gasteiger partial charge in [-0.2, -0.15) is 8.42 Å². The largest absolute Gasteiger partial charge is 0.394 e. The third-order valence-electron chi connectivity index (χ3n) is 4.03. The Hall–Kier alpha value is -0.190. The Labute approximate surface area is 136 Å². The molecule has 9 heteroatoms. The fourth-order valence-electron chi connectivity index (χ4n) is 3.23. The zero-order valence-electron chi connectivity index (χ0n) is 12.8. The fraction of sp³-hybridized carbons (Fsp3) is 0.923. The van der Waals surface area contributed by atoms with E-state index in [9.17, 15) is 4.79 Å². The SMILES string of the molecule is CC(=O)SCCNCCNC1CC2CCC1C2.O=S(=O)(O)O. The maximum Gasteiger partial charge on any atom is 0.394 e. The monoisotopic (exact) mass is 354 g/mol. The van der Waals surface area contributed by atoms with E-state index in [1.165, 1.54) is 37.4 Å². The van der Waals surface area contributed by atoms with Gasteiger partial charge >= 0.3 is 10.4 Å². The highest BCUT2D eigenvalue weighted by Gasteiger charge is 2.38. The lowest BCUT2D eigenvalue weighted by Gasteiger charge is -2.23. The summed E-state index contributed by atoms with van der Waals surface area (Å²) in [5.41, 5.74) is 0. The van der Waals surface area contributed by atoms with Crippen LogP contribution in [-0.2, 0) is 15.2 Å². The summed E-state index contributed by atoms with van der Waals surface area (Å²) in [5, 5.41) is 7.26. The Morgan fingerprint density at radius 1 is 1.18 bits per heavy atom. The molecule has 0 spiro atoms. The van der Waals surface area contributed by atoms with Gasteiger partial charge in [0.05, 0.1) is 0 Å². The Morgan fingerprint density at radius 2 is 1.86 bits per heavy atom. The summed E-state index contributed by atoms with van der Waals surface area (Å²) in [6.45, 7) is 4.65. The van der Waals surface area contributed by atoms with Gasteiger partial charge in [-0.25, -0.2) is 0 Å². The topological polar surface area (TPSA) is 116 Å². The molecule has 0 aliphatic heterocycles. The molecule has 7 nitrogen and oxygen atoms in total. The van der Waals surface area contributed by atoms with Crippen LogP contribution in [-0.4, -0.2) is 54.1 Å². The van der Waals surface area contributed by atoms with Crippen LogP contribution in [0.25, 0.3) is 0 Å². The summed E-state index contributed by atoms with van der Waals surface area (Å²) in [6.07, 6.45) is 5.81. The Morgan fingerprint density at radius 3 is 2.36 bits per heavy atom. The van der Waals surface area contributed by atoms with Crippen LogP contribution in [0.5, 0.6) is 0 Å². The van der Waals surface area contributed by atoms with Gasteiger partial charge < -0.3 is 10.6 Å². The molecule has 0 heterocycles. The highest BCUT2D eigenvalue weighted by atomic mass is 32.3. The summed E-state index contributed by atoms with van der Waals surface area (Å²) in [7, 11) is -4.67. The average molecular weight is 354 g/mol. The van der Waals surface area contributed by atoms with Gasteiger partial charge in [0.1, 0.15) is 0 Å². The standard InChI is InChI=1S/C13H24N2OS.H2O4S/c1-10(16)17-7-6-14-4-5-15-13-9-11-2-3-12(13)8-11;1-5(2,3)4/h11-15H,2-9H2,1H3;(H2,1,2,3,4). The average Bonchev–Trinajstić information content (AvgIpc) is 2.97. The molecule has 22 heavy (non-hydrogen) atoms. The van der Waals surface area contributed by atoms with Crippen LogP contribution in [0, 0.1) is 11.8 Å². The van der Waals surface area contributed by atoms with Crippen molar-refractivity contribution in [2.75, 3.05) is 25.4 Å². The second kappa shape index (κ2) is 9.84. The number of thioether (sulfide) groups is 1. The normalized spacial score (nSPS) is 26.6. The minimum atomic E-state index is -4.67. The second-order valence-electron chi connectivity index (χ2n) is 5.77. The molecule has 0 aromatic heterocycles. The predicted molar refractivity (Wildman–Crippen MR) is 87.4 cm³/mol. The highest BCUT2D eigenvalue weighted by Crippen LogP contribution is 2.44. The van der Waals surface area contributed by atoms with E-state index in [1.54, 1.807) is 6.92 Å². The molecule has 2 saturated carbocycles. The number of rotatable bonds is 7. The first-order chi connectivity index (χ1) is 10.3. The fourth-order valence-corrected chi connectivity index (χ4v) is 3.77. The van der Waals surface area contributed by atoms with Crippen molar-refractivity contribution in [2.45, 2.75) is 38.6 Å². The number of carbonyl (C=O) groups is 1. The van der Waals surface area contributed by atoms with Gasteiger partial charge in [-0.15, -0.1) is 0 Å². The van der Waals surface area contributed by atoms with E-state index in [1.807, 2.05) is 0 Å². The van der Waals surface area contributed by atoms with Gasteiger partial charge in [-0.05, 0) is 31.1 Å². The van der Waals surface area contributed by atoms with Crippen molar-refractivity contribution in [3.05, 3.63) is 0 Å². The lowest BCUT2D eigenvalue weighted by molar-refractivity contribution is -0.109. The van der Waals surface area contributed by atoms with Gasteiger partial charge in [0, 0.05) is 38.4 Å². The molecule has 2 bridgehead atoms. The molecule has 130 valence electrons. The number of hydrogen-bond acceptors (Lipinski definition) is 6. The first-order valence-corrected chi connectivity index (χ1v) is 9.91. The first-order valence-electron chi connectivity index (χ1n) is 7.53. The second-order valence-corrected chi connectivity index (χ2v) is 7.94. The Balaban J connectivity index is 0.000000422. The number of fused-ring (bicyclic) bond motifs is 2. The molecule has 2 aliphatic carbocycles. The van der Waals surface area contributed by atoms with Gasteiger partial charge in [0.2, 0.25) is 0 Å². The number of nitrogens with one attached hydrogen (secondary N) is 2. The van der Waals surface area contributed by atoms with Crippen molar-refractivity contribution in [3.8, 4) is 0 Å². The molecule has 0 aromatic carbocycles. The van der Waals surface area contributed by atoms with E-state index in [0.717, 1.165) is 43.3 Å². The van der Waals surface area contributed by atoms with Crippen LogP contribution in [0.2, 0.25) is 0 Å². The van der Waals surface area contributed by atoms with Crippen LogP contribution >= 0.6 is 11.8 Å². The molecule has 0 amide bonds. The number of carbonyl (C=O) groups excluding carboxylic acids is 1. The highest BCUT2D eigenvalue weighted by molar-refractivity contribution is 8.13. The van der Waals surface area contributed by atoms with Gasteiger partial charge in [-0.1, -0.05) is 18.2 Å². The summed E-state index contributed by atoms with van der Waals surface area (Å²) in [6, 6.07) is 0.794. The van der Waals surface area contributed by atoms with Gasteiger partial charge in [-0.3, -0.25) is 13.9 Å². The molecule has 2 fully saturated rings. The van der Waals surface area contributed by atoms with E-state index in [2.05, 4.69) is 10.6 Å². The molecule has 0 radical (unpaired) electrons. The van der Waals surface area contributed by atoms with E-state index in [-0.39, 0.29) is 5.12 Å². The van der Waals surface area contributed by atoms with E-state index in [4.69, 9.17) is 17.5 Å². The van der Waals surface area contributed by atoms with Crippen LogP contribution < -0.4 is 10.6 Å². The minimum absolute atomic E-state index is 0.215. The smallest absolute Gasteiger partial charge is 0.315 e. The zero-order valence-corrected chi connectivity index (χ0v) is 14.5. The van der Waals surface area contributed by atoms with Crippen molar-refractivity contribution in [1.29, 1.82) is 0 Å². The van der Waals surface area contributed by atoms with Crippen LogP contribution in [0.1, 0.15) is 32.6 Å². The molecule has 0 saturated heterocycles. The Bertz CT molecular complexity index is 436. The van der Waals surface area contributed by atoms with Crippen molar-refractivity contribution < 1.29 is 22.3 Å². The summed E-state index contributed by atoms with van der Waals surface area (Å²) < 4.78 is 31.6. The molecule has 3 atom stereocenters. The van der Waals surface area contributed by atoms with Gasteiger partial charge in [0.15, 0.2) is 5.12 Å². The summed E-state index contributed by atoms with van der Waals surface area (Å²) in [4.78, 5) is 10.7. The maximum absolute atomic E-state index is 10.7. The van der Waals surface area contributed by atoms with Crippen molar-refractivity contribution in [2.24, 2.45) is 11.8 Å². The van der Waals surface area contributed by atoms with Crippen LogP contribution in [0.4, 0.5) is 0 Å². The summed E-state index contributed by atoms with van der Waals surface area (Å²) in [5.74, 6) is 2.88. The van der Waals surface area contributed by atoms with Crippen molar-refractivity contribution in [3.63, 3.8) is 0 Å². The van der Waals surface area contributed by atoms with Crippen LogP contribution in [0.15, 0.2) is 0 Å². The molecule has 3 unspecified atom stereocenters. The third-order valence-corrected chi connectivity index (χ3v) is 4.85. The maximum atomic E-state index is 10.7. The lowest BCUT2D eigenvalue weighted by Crippen LogP contribution is -2.38. The first kappa shape index (κ1) is 19.9. The molecule has 0 aromatic rings. The Kier molecular flexibility index (Phi) is 8.88. The van der Waals surface area contributed by atoms with E-state index < -0.39 is 10.4 Å². The van der Waals surface area contributed by atoms with Gasteiger partial charge in [0.25, 0.3) is 0 Å². The molecular formula is C13H26N2O5S2. The van der Waals surface area contributed by atoms with Crippen molar-refractivity contribution in [1.82, 2.24) is 10.6 Å². The molecular weight excluding hydrogens is 328 g/mol. The molecule has 2 rings (SSSR count). The summed E-state index contributed by atoms with van der Waals surface area (Å²) >= 11 is 1.40. The third kappa shape index (κ3) is 9.75. The zero-order chi connectivity index (χ0) is 16.6. The quantitative estimate of drug-likeness (QED) is 0.395. The molecule has 4 N–H and O–H groups in total. The molecule has 2 aliphatic rings.